The van der Waals surface area contributed by atoms with Crippen LogP contribution in [0, 0.1) is 5.92 Å². The van der Waals surface area contributed by atoms with Crippen LogP contribution in [0.25, 0.3) is 10.8 Å². The van der Waals surface area contributed by atoms with Crippen molar-refractivity contribution >= 4 is 10.8 Å². The fourth-order valence-corrected chi connectivity index (χ4v) is 3.41. The Labute approximate surface area is 125 Å². The number of rotatable bonds is 4. The van der Waals surface area contributed by atoms with Crippen LogP contribution in [-0.4, -0.2) is 24.9 Å². The first kappa shape index (κ1) is 14.4. The summed E-state index contributed by atoms with van der Waals surface area (Å²) in [4.78, 5) is 0. The quantitative estimate of drug-likeness (QED) is 0.931. The maximum atomic E-state index is 10.9. The number of benzene rings is 2. The van der Waals surface area contributed by atoms with Crippen LogP contribution in [0.1, 0.15) is 31.4 Å². The van der Waals surface area contributed by atoms with Gasteiger partial charge in [-0.1, -0.05) is 37.3 Å². The summed E-state index contributed by atoms with van der Waals surface area (Å²) in [5, 5.41) is 13.0. The fourth-order valence-electron chi connectivity index (χ4n) is 3.41. The van der Waals surface area contributed by atoms with Crippen LogP contribution in [0.3, 0.4) is 0 Å². The van der Waals surface area contributed by atoms with Crippen molar-refractivity contribution < 1.29 is 14.6 Å². The highest BCUT2D eigenvalue weighted by Crippen LogP contribution is 2.39. The zero-order chi connectivity index (χ0) is 14.8. The number of fused-ring (bicyclic) bond motifs is 1. The fraction of sp³-hybridized carbons (Fsp3) is 0.444. The molecule has 3 unspecified atom stereocenters. The topological polar surface area (TPSA) is 38.7 Å². The second kappa shape index (κ2) is 6.04. The lowest BCUT2D eigenvalue weighted by molar-refractivity contribution is 0.0313. The molecule has 1 heterocycles. The largest absolute Gasteiger partial charge is 0.496 e. The summed E-state index contributed by atoms with van der Waals surface area (Å²) < 4.78 is 11.2. The number of ether oxygens (including phenoxy) is 2. The van der Waals surface area contributed by atoms with Gasteiger partial charge in [-0.15, -0.1) is 0 Å². The maximum Gasteiger partial charge on any atom is 0.126 e. The Bertz CT molecular complexity index is 623. The van der Waals surface area contributed by atoms with E-state index in [2.05, 4.69) is 6.92 Å². The molecule has 1 aliphatic rings. The third-order valence-corrected chi connectivity index (χ3v) is 4.52. The third-order valence-electron chi connectivity index (χ3n) is 4.52. The van der Waals surface area contributed by atoms with Crippen molar-refractivity contribution in [1.29, 1.82) is 0 Å². The minimum atomic E-state index is -0.492. The van der Waals surface area contributed by atoms with Crippen LogP contribution in [0.15, 0.2) is 36.4 Å². The van der Waals surface area contributed by atoms with E-state index in [1.807, 2.05) is 36.4 Å². The van der Waals surface area contributed by atoms with Crippen molar-refractivity contribution in [2.24, 2.45) is 5.92 Å². The summed E-state index contributed by atoms with van der Waals surface area (Å²) in [6.45, 7) is 2.86. The maximum absolute atomic E-state index is 10.9. The van der Waals surface area contributed by atoms with Gasteiger partial charge in [0.15, 0.2) is 0 Å². The zero-order valence-corrected chi connectivity index (χ0v) is 12.6. The van der Waals surface area contributed by atoms with Gasteiger partial charge in [-0.2, -0.15) is 0 Å². The normalized spacial score (nSPS) is 23.4. The molecule has 1 fully saturated rings. The van der Waals surface area contributed by atoms with Crippen molar-refractivity contribution in [1.82, 2.24) is 0 Å². The van der Waals surface area contributed by atoms with E-state index < -0.39 is 6.10 Å². The second-order valence-electron chi connectivity index (χ2n) is 5.62. The van der Waals surface area contributed by atoms with Crippen LogP contribution in [0.4, 0.5) is 0 Å². The van der Waals surface area contributed by atoms with Crippen molar-refractivity contribution in [3.63, 3.8) is 0 Å². The number of hydrogen-bond acceptors (Lipinski definition) is 3. The number of hydrogen-bond donors (Lipinski definition) is 1. The van der Waals surface area contributed by atoms with Crippen molar-refractivity contribution in [3.8, 4) is 5.75 Å². The minimum Gasteiger partial charge on any atom is -0.496 e. The zero-order valence-electron chi connectivity index (χ0n) is 12.6. The molecular formula is C18H22O3. The molecule has 3 nitrogen and oxygen atoms in total. The summed E-state index contributed by atoms with van der Waals surface area (Å²) in [7, 11) is 1.68. The molecule has 0 aromatic heterocycles. The smallest absolute Gasteiger partial charge is 0.126 e. The van der Waals surface area contributed by atoms with E-state index in [-0.39, 0.29) is 12.0 Å². The monoisotopic (exact) mass is 286 g/mol. The molecule has 0 saturated carbocycles. The number of methoxy groups -OCH3 is 1. The first-order chi connectivity index (χ1) is 10.3. The average molecular weight is 286 g/mol. The molecule has 112 valence electrons. The Morgan fingerprint density at radius 3 is 2.71 bits per heavy atom. The van der Waals surface area contributed by atoms with Crippen molar-refractivity contribution in [2.45, 2.75) is 32.0 Å². The highest BCUT2D eigenvalue weighted by molar-refractivity contribution is 5.91. The average Bonchev–Trinajstić information content (AvgIpc) is 3.01. The molecule has 3 heteroatoms. The van der Waals surface area contributed by atoms with Crippen LogP contribution in [0.2, 0.25) is 0 Å². The predicted octanol–water partition coefficient (Wildman–Crippen LogP) is 3.70. The Kier molecular flexibility index (Phi) is 4.13. The van der Waals surface area contributed by atoms with E-state index in [0.717, 1.165) is 41.5 Å². The summed E-state index contributed by atoms with van der Waals surface area (Å²) >= 11 is 0. The first-order valence-electron chi connectivity index (χ1n) is 7.61. The van der Waals surface area contributed by atoms with Crippen LogP contribution in [0.5, 0.6) is 5.75 Å². The summed E-state index contributed by atoms with van der Waals surface area (Å²) in [6, 6.07) is 12.0. The number of aliphatic hydroxyl groups excluding tert-OH is 1. The van der Waals surface area contributed by atoms with Gasteiger partial charge in [0.05, 0.1) is 19.3 Å². The van der Waals surface area contributed by atoms with E-state index in [1.165, 1.54) is 0 Å². The standard InChI is InChI=1S/C18H22O3/c1-3-16-15(10-11-21-16)18(19)14-8-9-17(20-2)13-7-5-4-6-12(13)14/h4-9,15-16,18-19H,3,10-11H2,1-2H3. The Morgan fingerprint density at radius 1 is 1.24 bits per heavy atom. The molecule has 2 aromatic carbocycles. The Hall–Kier alpha value is -1.58. The number of aliphatic hydroxyl groups is 1. The molecule has 3 rings (SSSR count). The SMILES string of the molecule is CCC1OCCC1C(O)c1ccc(OC)c2ccccc12. The predicted molar refractivity (Wildman–Crippen MR) is 83.6 cm³/mol. The molecule has 0 radical (unpaired) electrons. The molecule has 0 aliphatic carbocycles. The first-order valence-corrected chi connectivity index (χ1v) is 7.61. The van der Waals surface area contributed by atoms with Gasteiger partial charge in [0.25, 0.3) is 0 Å². The Balaban J connectivity index is 2.04. The van der Waals surface area contributed by atoms with Gasteiger partial charge in [-0.25, -0.2) is 0 Å². The Morgan fingerprint density at radius 2 is 2.00 bits per heavy atom. The summed E-state index contributed by atoms with van der Waals surface area (Å²) in [5.41, 5.74) is 0.973. The molecule has 1 N–H and O–H groups in total. The highest BCUT2D eigenvalue weighted by Gasteiger charge is 2.34. The van der Waals surface area contributed by atoms with Gasteiger partial charge in [0.1, 0.15) is 5.75 Å². The van der Waals surface area contributed by atoms with Crippen molar-refractivity contribution in [2.75, 3.05) is 13.7 Å². The summed E-state index contributed by atoms with van der Waals surface area (Å²) in [5.74, 6) is 1.02. The molecule has 0 amide bonds. The van der Waals surface area contributed by atoms with Crippen LogP contribution < -0.4 is 4.74 Å². The molecule has 0 spiro atoms. The van der Waals surface area contributed by atoms with Gasteiger partial charge in [0, 0.05) is 17.9 Å². The minimum absolute atomic E-state index is 0.154. The van der Waals surface area contributed by atoms with Gasteiger partial charge in [-0.05, 0) is 29.9 Å². The molecule has 21 heavy (non-hydrogen) atoms. The van der Waals surface area contributed by atoms with Gasteiger partial charge in [-0.3, -0.25) is 0 Å². The highest BCUT2D eigenvalue weighted by atomic mass is 16.5. The van der Waals surface area contributed by atoms with E-state index in [0.29, 0.717) is 0 Å². The van der Waals surface area contributed by atoms with E-state index in [4.69, 9.17) is 9.47 Å². The molecule has 0 bridgehead atoms. The van der Waals surface area contributed by atoms with Gasteiger partial charge >= 0.3 is 0 Å². The lowest BCUT2D eigenvalue weighted by atomic mass is 9.86. The summed E-state index contributed by atoms with van der Waals surface area (Å²) in [6.07, 6.45) is 1.52. The van der Waals surface area contributed by atoms with E-state index in [9.17, 15) is 5.11 Å². The molecule has 3 atom stereocenters. The van der Waals surface area contributed by atoms with E-state index in [1.54, 1.807) is 7.11 Å². The molecule has 1 saturated heterocycles. The van der Waals surface area contributed by atoms with E-state index >= 15 is 0 Å². The van der Waals surface area contributed by atoms with Crippen molar-refractivity contribution in [3.05, 3.63) is 42.0 Å². The van der Waals surface area contributed by atoms with Crippen LogP contribution >= 0.6 is 0 Å². The van der Waals surface area contributed by atoms with Gasteiger partial charge in [0.2, 0.25) is 0 Å². The second-order valence-corrected chi connectivity index (χ2v) is 5.62. The third kappa shape index (κ3) is 2.52. The molecular weight excluding hydrogens is 264 g/mol. The van der Waals surface area contributed by atoms with Gasteiger partial charge < -0.3 is 14.6 Å². The molecule has 1 aliphatic heterocycles. The lowest BCUT2D eigenvalue weighted by Crippen LogP contribution is -2.22. The van der Waals surface area contributed by atoms with Crippen LogP contribution in [-0.2, 0) is 4.74 Å². The molecule has 2 aromatic rings. The lowest BCUT2D eigenvalue weighted by Gasteiger charge is -2.24.